The number of fused-ring (bicyclic) bond motifs is 2. The van der Waals surface area contributed by atoms with Gasteiger partial charge >= 0.3 is 0 Å². The van der Waals surface area contributed by atoms with Crippen LogP contribution in [-0.2, 0) is 4.74 Å². The van der Waals surface area contributed by atoms with E-state index in [0.29, 0.717) is 23.7 Å². The maximum absolute atomic E-state index is 5.91. The summed E-state index contributed by atoms with van der Waals surface area (Å²) in [5, 5.41) is 7.19. The van der Waals surface area contributed by atoms with Gasteiger partial charge in [-0.05, 0) is 56.3 Å². The second-order valence-corrected chi connectivity index (χ2v) is 7.28. The molecule has 4 rings (SSSR count). The van der Waals surface area contributed by atoms with Crippen molar-refractivity contribution in [2.75, 3.05) is 13.6 Å². The van der Waals surface area contributed by atoms with Crippen molar-refractivity contribution in [1.82, 2.24) is 10.6 Å². The van der Waals surface area contributed by atoms with Crippen LogP contribution in [0.5, 0.6) is 0 Å². The Morgan fingerprint density at radius 2 is 2.05 bits per heavy atom. The van der Waals surface area contributed by atoms with Gasteiger partial charge in [-0.1, -0.05) is 6.42 Å². The minimum absolute atomic E-state index is 0. The number of aliphatic imine (C=N–C) groups is 1. The lowest BCUT2D eigenvalue weighted by Gasteiger charge is -2.43. The van der Waals surface area contributed by atoms with Gasteiger partial charge in [0.2, 0.25) is 0 Å². The first-order valence-electron chi connectivity index (χ1n) is 8.42. The molecule has 2 aliphatic heterocycles. The molecule has 5 heteroatoms. The van der Waals surface area contributed by atoms with Crippen molar-refractivity contribution < 1.29 is 4.74 Å². The highest BCUT2D eigenvalue weighted by molar-refractivity contribution is 14.0. The molecule has 0 aromatic rings. The summed E-state index contributed by atoms with van der Waals surface area (Å²) < 4.78 is 5.91. The van der Waals surface area contributed by atoms with Crippen LogP contribution in [0.2, 0.25) is 0 Å². The van der Waals surface area contributed by atoms with Gasteiger partial charge in [0.15, 0.2) is 5.96 Å². The molecular formula is C16H28IN3O. The minimum atomic E-state index is 0. The molecule has 2 aliphatic carbocycles. The van der Waals surface area contributed by atoms with E-state index in [-0.39, 0.29) is 24.0 Å². The van der Waals surface area contributed by atoms with Crippen molar-refractivity contribution in [2.45, 2.75) is 69.6 Å². The number of guanidine groups is 1. The van der Waals surface area contributed by atoms with E-state index in [4.69, 9.17) is 4.74 Å². The highest BCUT2D eigenvalue weighted by Crippen LogP contribution is 2.56. The molecule has 2 heterocycles. The minimum Gasteiger partial charge on any atom is -0.373 e. The van der Waals surface area contributed by atoms with Gasteiger partial charge in [0, 0.05) is 13.6 Å². The number of ether oxygens (including phenoxy) is 1. The molecule has 4 fully saturated rings. The van der Waals surface area contributed by atoms with Crippen LogP contribution in [0.3, 0.4) is 0 Å². The fraction of sp³-hybridized carbons (Fsp3) is 0.938. The fourth-order valence-electron chi connectivity index (χ4n) is 4.48. The molecule has 2 saturated carbocycles. The SMILES string of the molecule is CN=C(NCC1(C2CC2)CCC1)NC1CC2CCC1O2.I. The Balaban J connectivity index is 0.00000132. The first kappa shape index (κ1) is 15.8. The van der Waals surface area contributed by atoms with Crippen molar-refractivity contribution in [2.24, 2.45) is 16.3 Å². The summed E-state index contributed by atoms with van der Waals surface area (Å²) in [6.45, 7) is 1.11. The summed E-state index contributed by atoms with van der Waals surface area (Å²) >= 11 is 0. The lowest BCUT2D eigenvalue weighted by atomic mass is 9.65. The Morgan fingerprint density at radius 1 is 1.24 bits per heavy atom. The van der Waals surface area contributed by atoms with Crippen LogP contribution in [0.15, 0.2) is 4.99 Å². The van der Waals surface area contributed by atoms with Crippen molar-refractivity contribution in [3.63, 3.8) is 0 Å². The van der Waals surface area contributed by atoms with E-state index in [2.05, 4.69) is 15.6 Å². The molecule has 2 saturated heterocycles. The molecule has 120 valence electrons. The summed E-state index contributed by atoms with van der Waals surface area (Å²) in [5.74, 6) is 1.98. The lowest BCUT2D eigenvalue weighted by molar-refractivity contribution is 0.0983. The van der Waals surface area contributed by atoms with Crippen LogP contribution in [0.1, 0.15) is 51.4 Å². The number of nitrogens with zero attached hydrogens (tertiary/aromatic N) is 1. The van der Waals surface area contributed by atoms with Gasteiger partial charge in [-0.2, -0.15) is 0 Å². The van der Waals surface area contributed by atoms with E-state index in [9.17, 15) is 0 Å². The molecule has 3 atom stereocenters. The smallest absolute Gasteiger partial charge is 0.191 e. The monoisotopic (exact) mass is 405 g/mol. The lowest BCUT2D eigenvalue weighted by Crippen LogP contribution is -2.51. The molecular weight excluding hydrogens is 377 g/mol. The van der Waals surface area contributed by atoms with Gasteiger partial charge in [-0.25, -0.2) is 0 Å². The van der Waals surface area contributed by atoms with E-state index in [1.54, 1.807) is 0 Å². The molecule has 3 unspecified atom stereocenters. The third kappa shape index (κ3) is 3.05. The normalized spacial score (nSPS) is 36.8. The summed E-state index contributed by atoms with van der Waals surface area (Å²) in [6.07, 6.45) is 11.7. The Kier molecular flexibility index (Phi) is 4.69. The summed E-state index contributed by atoms with van der Waals surface area (Å²) in [4.78, 5) is 4.42. The van der Waals surface area contributed by atoms with Gasteiger partial charge in [-0.15, -0.1) is 24.0 Å². The van der Waals surface area contributed by atoms with Crippen LogP contribution >= 0.6 is 24.0 Å². The Labute approximate surface area is 144 Å². The van der Waals surface area contributed by atoms with E-state index < -0.39 is 0 Å². The number of hydrogen-bond acceptors (Lipinski definition) is 2. The predicted molar refractivity (Wildman–Crippen MR) is 95.2 cm³/mol. The molecule has 0 amide bonds. The van der Waals surface area contributed by atoms with E-state index in [0.717, 1.165) is 24.8 Å². The topological polar surface area (TPSA) is 45.7 Å². The van der Waals surface area contributed by atoms with Crippen molar-refractivity contribution >= 4 is 29.9 Å². The zero-order valence-electron chi connectivity index (χ0n) is 12.9. The van der Waals surface area contributed by atoms with E-state index >= 15 is 0 Å². The molecule has 4 aliphatic rings. The molecule has 0 radical (unpaired) electrons. The van der Waals surface area contributed by atoms with Crippen molar-refractivity contribution in [3.05, 3.63) is 0 Å². The predicted octanol–water partition coefficient (Wildman–Crippen LogP) is 2.67. The highest BCUT2D eigenvalue weighted by Gasteiger charge is 2.49. The Bertz CT molecular complexity index is 406. The number of hydrogen-bond donors (Lipinski definition) is 2. The van der Waals surface area contributed by atoms with Crippen molar-refractivity contribution in [1.29, 1.82) is 0 Å². The van der Waals surface area contributed by atoms with Crippen molar-refractivity contribution in [3.8, 4) is 0 Å². The summed E-state index contributed by atoms with van der Waals surface area (Å²) in [7, 11) is 1.88. The molecule has 2 N–H and O–H groups in total. The van der Waals surface area contributed by atoms with Crippen LogP contribution in [-0.4, -0.2) is 37.8 Å². The third-order valence-corrected chi connectivity index (χ3v) is 6.05. The Hall–Kier alpha value is -0.0400. The standard InChI is InChI=1S/C16H27N3O.HI/c1-17-15(19-13-9-12-5-6-14(13)20-12)18-10-16(7-2-8-16)11-3-4-11;/h11-14H,2-10H2,1H3,(H2,17,18,19);1H. The van der Waals surface area contributed by atoms with E-state index in [1.807, 2.05) is 7.05 Å². The molecule has 0 aromatic carbocycles. The van der Waals surface area contributed by atoms with Gasteiger partial charge in [0.1, 0.15) is 0 Å². The van der Waals surface area contributed by atoms with Gasteiger partial charge in [0.05, 0.1) is 18.2 Å². The van der Waals surface area contributed by atoms with Gasteiger partial charge in [-0.3, -0.25) is 4.99 Å². The molecule has 2 bridgehead atoms. The van der Waals surface area contributed by atoms with Gasteiger partial charge in [0.25, 0.3) is 0 Å². The Morgan fingerprint density at radius 3 is 2.52 bits per heavy atom. The third-order valence-electron chi connectivity index (χ3n) is 6.05. The fourth-order valence-corrected chi connectivity index (χ4v) is 4.48. The first-order valence-corrected chi connectivity index (χ1v) is 8.42. The largest absolute Gasteiger partial charge is 0.373 e. The average molecular weight is 405 g/mol. The first-order chi connectivity index (χ1) is 9.79. The zero-order chi connectivity index (χ0) is 13.6. The molecule has 0 spiro atoms. The number of halogens is 1. The van der Waals surface area contributed by atoms with Crippen LogP contribution in [0.4, 0.5) is 0 Å². The van der Waals surface area contributed by atoms with Gasteiger partial charge < -0.3 is 15.4 Å². The molecule has 0 aromatic heterocycles. The van der Waals surface area contributed by atoms with Crippen LogP contribution in [0.25, 0.3) is 0 Å². The average Bonchev–Trinajstić information content (AvgIpc) is 3.05. The molecule has 4 nitrogen and oxygen atoms in total. The summed E-state index contributed by atoms with van der Waals surface area (Å²) in [6, 6.07) is 0.471. The maximum Gasteiger partial charge on any atom is 0.191 e. The molecule has 21 heavy (non-hydrogen) atoms. The maximum atomic E-state index is 5.91. The zero-order valence-corrected chi connectivity index (χ0v) is 15.3. The van der Waals surface area contributed by atoms with Crippen LogP contribution < -0.4 is 10.6 Å². The number of rotatable bonds is 4. The second kappa shape index (κ2) is 6.22. The van der Waals surface area contributed by atoms with Crippen LogP contribution in [0, 0.1) is 11.3 Å². The quantitative estimate of drug-likeness (QED) is 0.430. The second-order valence-electron chi connectivity index (χ2n) is 7.28. The highest BCUT2D eigenvalue weighted by atomic mass is 127. The summed E-state index contributed by atoms with van der Waals surface area (Å²) in [5.41, 5.74) is 0.600. The number of nitrogens with one attached hydrogen (secondary N) is 2. The van der Waals surface area contributed by atoms with E-state index in [1.165, 1.54) is 44.9 Å².